The summed E-state index contributed by atoms with van der Waals surface area (Å²) in [6.45, 7) is 6.00. The van der Waals surface area contributed by atoms with Gasteiger partial charge in [0, 0.05) is 38.7 Å². The maximum atomic E-state index is 12.9. The van der Waals surface area contributed by atoms with Crippen LogP contribution >= 0.6 is 0 Å². The lowest BCUT2D eigenvalue weighted by Crippen LogP contribution is -2.65. The maximum absolute atomic E-state index is 12.9. The lowest BCUT2D eigenvalue weighted by Gasteiger charge is -2.57. The second-order valence-electron chi connectivity index (χ2n) is 8.05. The van der Waals surface area contributed by atoms with Gasteiger partial charge in [0.25, 0.3) is 0 Å². The van der Waals surface area contributed by atoms with E-state index in [4.69, 9.17) is 4.74 Å². The molecule has 3 aliphatic rings. The molecule has 0 aliphatic carbocycles. The number of rotatable bonds is 7. The molecule has 0 unspecified atom stereocenters. The molecule has 0 aromatic heterocycles. The molecule has 3 heterocycles. The highest BCUT2D eigenvalue weighted by Gasteiger charge is 2.49. The van der Waals surface area contributed by atoms with E-state index in [1.807, 2.05) is 6.92 Å². The molecule has 2 amide bonds. The third-order valence-corrected chi connectivity index (χ3v) is 6.60. The fraction of sp³-hybridized carbons (Fsp3) is 0.900. The Labute approximate surface area is 157 Å². The summed E-state index contributed by atoms with van der Waals surface area (Å²) < 4.78 is 5.43. The van der Waals surface area contributed by atoms with E-state index in [9.17, 15) is 9.59 Å². The minimum absolute atomic E-state index is 0.0915. The monoisotopic (exact) mass is 365 g/mol. The van der Waals surface area contributed by atoms with E-state index in [1.165, 1.54) is 38.8 Å². The number of carbonyl (C=O) groups is 2. The van der Waals surface area contributed by atoms with E-state index >= 15 is 0 Å². The molecule has 1 N–H and O–H groups in total. The van der Waals surface area contributed by atoms with Crippen LogP contribution < -0.4 is 5.32 Å². The van der Waals surface area contributed by atoms with Crippen molar-refractivity contribution in [3.05, 3.63) is 0 Å². The Kier molecular flexibility index (Phi) is 6.92. The minimum Gasteiger partial charge on any atom is -0.372 e. The molecular formula is C20H35N3O3. The number of nitrogens with zero attached hydrogens (tertiary/aromatic N) is 2. The topological polar surface area (TPSA) is 61.9 Å². The molecule has 4 atom stereocenters. The maximum Gasteiger partial charge on any atom is 0.248 e. The second-order valence-corrected chi connectivity index (χ2v) is 8.05. The van der Waals surface area contributed by atoms with E-state index in [-0.39, 0.29) is 24.5 Å². The quantitative estimate of drug-likeness (QED) is 0.745. The average Bonchev–Trinajstić information content (AvgIpc) is 2.67. The van der Waals surface area contributed by atoms with Gasteiger partial charge >= 0.3 is 0 Å². The number of likely N-dealkylation sites (tertiary alicyclic amines) is 1. The minimum atomic E-state index is 0.0915. The van der Waals surface area contributed by atoms with Crippen molar-refractivity contribution in [3.8, 4) is 0 Å². The van der Waals surface area contributed by atoms with Gasteiger partial charge < -0.3 is 15.0 Å². The molecule has 6 heteroatoms. The number of carbonyl (C=O) groups excluding carboxylic acids is 2. The summed E-state index contributed by atoms with van der Waals surface area (Å²) in [6, 6.07) is 0.897. The third-order valence-electron chi connectivity index (χ3n) is 6.60. The molecule has 26 heavy (non-hydrogen) atoms. The van der Waals surface area contributed by atoms with Gasteiger partial charge in [-0.15, -0.1) is 0 Å². The highest BCUT2D eigenvalue weighted by molar-refractivity contribution is 5.78. The first kappa shape index (κ1) is 19.6. The van der Waals surface area contributed by atoms with Gasteiger partial charge in [-0.3, -0.25) is 14.5 Å². The van der Waals surface area contributed by atoms with Crippen LogP contribution in [-0.4, -0.2) is 73.6 Å². The smallest absolute Gasteiger partial charge is 0.248 e. The number of nitrogens with one attached hydrogen (secondary N) is 1. The molecule has 3 aliphatic heterocycles. The zero-order chi connectivity index (χ0) is 18.5. The molecule has 3 fully saturated rings. The molecule has 3 rings (SSSR count). The van der Waals surface area contributed by atoms with E-state index in [0.717, 1.165) is 19.4 Å². The number of hydrogen-bond donors (Lipinski definition) is 1. The SMILES string of the molecule is CCOCC(=O)N1C[C@@H]2CCCN3CCC[C@@H]([C@H]23)[C@H]1CCCC(=O)NC. The van der Waals surface area contributed by atoms with Crippen LogP contribution in [0, 0.1) is 11.8 Å². The van der Waals surface area contributed by atoms with Gasteiger partial charge in [-0.1, -0.05) is 0 Å². The predicted molar refractivity (Wildman–Crippen MR) is 101 cm³/mol. The summed E-state index contributed by atoms with van der Waals surface area (Å²) in [5.74, 6) is 1.39. The summed E-state index contributed by atoms with van der Waals surface area (Å²) >= 11 is 0. The standard InChI is InChI=1S/C20H35N3O3/c1-3-26-14-19(25)23-13-15-7-5-11-22-12-6-8-16(20(15)22)17(23)9-4-10-18(24)21-2/h15-17,20H,3-14H2,1-2H3,(H,21,24)/t15-,16+,17+,20-/m0/s1. The Bertz CT molecular complexity index is 497. The molecule has 0 saturated carbocycles. The molecule has 0 aromatic rings. The highest BCUT2D eigenvalue weighted by atomic mass is 16.5. The predicted octanol–water partition coefficient (Wildman–Crippen LogP) is 1.64. The molecule has 3 saturated heterocycles. The van der Waals surface area contributed by atoms with Gasteiger partial charge in [0.05, 0.1) is 0 Å². The fourth-order valence-corrected chi connectivity index (χ4v) is 5.52. The Morgan fingerprint density at radius 3 is 2.69 bits per heavy atom. The molecule has 6 nitrogen and oxygen atoms in total. The van der Waals surface area contributed by atoms with Gasteiger partial charge in [0.15, 0.2) is 0 Å². The summed E-state index contributed by atoms with van der Waals surface area (Å²) in [5.41, 5.74) is 0. The number of amides is 2. The zero-order valence-electron chi connectivity index (χ0n) is 16.4. The fourth-order valence-electron chi connectivity index (χ4n) is 5.52. The Morgan fingerprint density at radius 2 is 1.96 bits per heavy atom. The second kappa shape index (κ2) is 9.18. The Morgan fingerprint density at radius 1 is 1.19 bits per heavy atom. The van der Waals surface area contributed by atoms with Crippen LogP contribution in [0.25, 0.3) is 0 Å². The van der Waals surface area contributed by atoms with Gasteiger partial charge in [0.2, 0.25) is 11.8 Å². The van der Waals surface area contributed by atoms with Crippen molar-refractivity contribution in [1.29, 1.82) is 0 Å². The summed E-state index contributed by atoms with van der Waals surface area (Å²) in [5, 5.41) is 2.71. The van der Waals surface area contributed by atoms with Crippen molar-refractivity contribution in [1.82, 2.24) is 15.1 Å². The van der Waals surface area contributed by atoms with Gasteiger partial charge in [0.1, 0.15) is 6.61 Å². The molecule has 0 aromatic carbocycles. The van der Waals surface area contributed by atoms with Crippen LogP contribution in [0.3, 0.4) is 0 Å². The van der Waals surface area contributed by atoms with E-state index < -0.39 is 0 Å². The van der Waals surface area contributed by atoms with Crippen LogP contribution in [0.4, 0.5) is 0 Å². The molecule has 0 bridgehead atoms. The summed E-state index contributed by atoms with van der Waals surface area (Å²) in [4.78, 5) is 29.3. The van der Waals surface area contributed by atoms with Crippen LogP contribution in [0.15, 0.2) is 0 Å². The highest BCUT2D eigenvalue weighted by Crippen LogP contribution is 2.43. The van der Waals surface area contributed by atoms with Crippen LogP contribution in [-0.2, 0) is 14.3 Å². The van der Waals surface area contributed by atoms with Crippen molar-refractivity contribution >= 4 is 11.8 Å². The first-order valence-electron chi connectivity index (χ1n) is 10.5. The summed E-state index contributed by atoms with van der Waals surface area (Å²) in [7, 11) is 1.69. The first-order valence-corrected chi connectivity index (χ1v) is 10.5. The third kappa shape index (κ3) is 4.22. The number of ether oxygens (including phenoxy) is 1. The Hall–Kier alpha value is -1.14. The van der Waals surface area contributed by atoms with E-state index in [1.54, 1.807) is 7.05 Å². The lowest BCUT2D eigenvalue weighted by molar-refractivity contribution is -0.151. The molecular weight excluding hydrogens is 330 g/mol. The van der Waals surface area contributed by atoms with Crippen LogP contribution in [0.5, 0.6) is 0 Å². The average molecular weight is 366 g/mol. The zero-order valence-corrected chi connectivity index (χ0v) is 16.4. The van der Waals surface area contributed by atoms with Crippen LogP contribution in [0.1, 0.15) is 51.9 Å². The van der Waals surface area contributed by atoms with Crippen LogP contribution in [0.2, 0.25) is 0 Å². The molecule has 0 spiro atoms. The van der Waals surface area contributed by atoms with Gasteiger partial charge in [-0.25, -0.2) is 0 Å². The van der Waals surface area contributed by atoms with Crippen molar-refractivity contribution in [2.24, 2.45) is 11.8 Å². The van der Waals surface area contributed by atoms with Gasteiger partial charge in [-0.2, -0.15) is 0 Å². The molecule has 148 valence electrons. The normalized spacial score (nSPS) is 31.4. The van der Waals surface area contributed by atoms with Crippen molar-refractivity contribution < 1.29 is 14.3 Å². The van der Waals surface area contributed by atoms with E-state index in [0.29, 0.717) is 30.9 Å². The molecule has 0 radical (unpaired) electrons. The van der Waals surface area contributed by atoms with Crippen molar-refractivity contribution in [2.45, 2.75) is 64.0 Å². The number of piperidine rings is 3. The van der Waals surface area contributed by atoms with E-state index in [2.05, 4.69) is 15.1 Å². The van der Waals surface area contributed by atoms with Crippen molar-refractivity contribution in [2.75, 3.05) is 39.9 Å². The Balaban J connectivity index is 1.74. The van der Waals surface area contributed by atoms with Gasteiger partial charge in [-0.05, 0) is 70.4 Å². The summed E-state index contributed by atoms with van der Waals surface area (Å²) in [6.07, 6.45) is 7.24. The van der Waals surface area contributed by atoms with Crippen molar-refractivity contribution in [3.63, 3.8) is 0 Å². The largest absolute Gasteiger partial charge is 0.372 e. The lowest BCUT2D eigenvalue weighted by atomic mass is 9.69. The first-order chi connectivity index (χ1) is 12.7. The number of hydrogen-bond acceptors (Lipinski definition) is 4.